The van der Waals surface area contributed by atoms with Gasteiger partial charge in [-0.3, -0.25) is 38.8 Å². The van der Waals surface area contributed by atoms with E-state index in [9.17, 15) is 28.8 Å². The summed E-state index contributed by atoms with van der Waals surface area (Å²) in [5, 5.41) is 0. The number of benzene rings is 2. The molecule has 7 rings (SSSR count). The third-order valence-electron chi connectivity index (χ3n) is 10.6. The van der Waals surface area contributed by atoms with Crippen LogP contribution < -0.4 is 0 Å². The first-order chi connectivity index (χ1) is 26.0. The highest BCUT2D eigenvalue weighted by molar-refractivity contribution is 7.16. The van der Waals surface area contributed by atoms with Crippen LogP contribution in [0, 0.1) is 11.8 Å². The van der Waals surface area contributed by atoms with Crippen LogP contribution in [0.3, 0.4) is 0 Å². The monoisotopic (exact) mass is 774 g/mol. The molecule has 3 aliphatic rings. The summed E-state index contributed by atoms with van der Waals surface area (Å²) < 4.78 is 0. The highest BCUT2D eigenvalue weighted by Crippen LogP contribution is 2.56. The Morgan fingerprint density at radius 3 is 1.20 bits per heavy atom. The summed E-state index contributed by atoms with van der Waals surface area (Å²) >= 11 is 2.98. The van der Waals surface area contributed by atoms with Gasteiger partial charge >= 0.3 is 12.1 Å². The Hall–Kier alpha value is -5.46. The normalized spacial score (nSPS) is 17.0. The van der Waals surface area contributed by atoms with E-state index in [-0.39, 0.29) is 16.6 Å². The molecule has 0 N–H and O–H groups in total. The SMILES string of the molecule is CC(C)CC1(CC(C)C)c2cc(-c3ccc(C=C4C(=O)N(C)C(=O)N(C)C4=O)s3)ccc2-c2ccc(-c3ccc(C=C4C(=O)N(C)C(=O)N(C)C4=O)s3)cc21. The van der Waals surface area contributed by atoms with Gasteiger partial charge < -0.3 is 0 Å². The fourth-order valence-corrected chi connectivity index (χ4v) is 10.0. The fraction of sp³-hybridized carbons (Fsp3) is 0.302. The number of barbiturate groups is 2. The first-order valence-corrected chi connectivity index (χ1v) is 19.8. The van der Waals surface area contributed by atoms with Crippen LogP contribution >= 0.6 is 22.7 Å². The molecule has 2 saturated heterocycles. The Kier molecular flexibility index (Phi) is 9.63. The number of imide groups is 4. The van der Waals surface area contributed by atoms with Crippen LogP contribution in [0.2, 0.25) is 0 Å². The summed E-state index contributed by atoms with van der Waals surface area (Å²) in [6, 6.07) is 19.8. The molecule has 0 spiro atoms. The third-order valence-corrected chi connectivity index (χ3v) is 12.7. The van der Waals surface area contributed by atoms with Crippen molar-refractivity contribution in [2.45, 2.75) is 46.0 Å². The molecule has 8 amide bonds. The second-order valence-electron chi connectivity index (χ2n) is 15.3. The van der Waals surface area contributed by atoms with Crippen molar-refractivity contribution < 1.29 is 28.8 Å². The standard InChI is InChI=1S/C43H42N4O6S2/c1-23(2)21-43(22-24(3)4)33-17-25(35-15-11-27(54-35)19-31-37(48)44(5)41(52)45(6)38(31)49)9-13-29(33)30-14-10-26(18-34(30)43)36-16-12-28(55-36)20-32-39(50)46(7)42(53)47(8)40(32)51/h9-20,23-24H,21-22H2,1-8H3. The van der Waals surface area contributed by atoms with Gasteiger partial charge in [0.1, 0.15) is 11.1 Å². The van der Waals surface area contributed by atoms with Gasteiger partial charge in [0.15, 0.2) is 0 Å². The number of likely N-dealkylation sites (N-methyl/N-ethyl adjacent to an activating group) is 4. The Morgan fingerprint density at radius 1 is 0.527 bits per heavy atom. The molecule has 0 atom stereocenters. The molecule has 2 aromatic heterocycles. The molecule has 0 radical (unpaired) electrons. The molecule has 4 heterocycles. The maximum atomic E-state index is 12.9. The summed E-state index contributed by atoms with van der Waals surface area (Å²) in [6.07, 6.45) is 5.02. The van der Waals surface area contributed by atoms with E-state index in [1.54, 1.807) is 12.2 Å². The van der Waals surface area contributed by atoms with E-state index in [0.29, 0.717) is 11.8 Å². The van der Waals surface area contributed by atoms with E-state index in [1.165, 1.54) is 73.1 Å². The average Bonchev–Trinajstić information content (AvgIpc) is 3.89. The van der Waals surface area contributed by atoms with Crippen LogP contribution in [0.4, 0.5) is 9.59 Å². The molecule has 0 saturated carbocycles. The minimum atomic E-state index is -0.652. The van der Waals surface area contributed by atoms with Gasteiger partial charge in [-0.15, -0.1) is 22.7 Å². The van der Waals surface area contributed by atoms with Gasteiger partial charge in [0.25, 0.3) is 23.6 Å². The van der Waals surface area contributed by atoms with Gasteiger partial charge in [-0.1, -0.05) is 52.0 Å². The average molecular weight is 775 g/mol. The number of hydrogen-bond acceptors (Lipinski definition) is 8. The number of urea groups is 2. The molecule has 55 heavy (non-hydrogen) atoms. The van der Waals surface area contributed by atoms with Crippen LogP contribution in [-0.4, -0.2) is 83.5 Å². The Labute approximate surface area is 328 Å². The van der Waals surface area contributed by atoms with Crippen molar-refractivity contribution in [2.75, 3.05) is 28.2 Å². The molecule has 1 aliphatic carbocycles. The fourth-order valence-electron chi connectivity index (χ4n) is 8.12. The Balaban J connectivity index is 1.27. The second-order valence-corrected chi connectivity index (χ2v) is 17.6. The number of carbonyl (C=O) groups is 6. The lowest BCUT2D eigenvalue weighted by atomic mass is 9.67. The Bertz CT molecular complexity index is 2180. The van der Waals surface area contributed by atoms with Crippen LogP contribution in [-0.2, 0) is 24.6 Å². The number of rotatable bonds is 8. The molecular formula is C43H42N4O6S2. The molecule has 4 aromatic rings. The summed E-state index contributed by atoms with van der Waals surface area (Å²) in [5.41, 5.74) is 6.69. The van der Waals surface area contributed by atoms with E-state index in [2.05, 4.69) is 64.1 Å². The molecule has 282 valence electrons. The first kappa shape index (κ1) is 37.8. The van der Waals surface area contributed by atoms with Gasteiger partial charge in [0.05, 0.1) is 0 Å². The minimum Gasteiger partial charge on any atom is -0.268 e. The van der Waals surface area contributed by atoms with E-state index in [0.717, 1.165) is 63.1 Å². The van der Waals surface area contributed by atoms with Crippen molar-refractivity contribution in [1.29, 1.82) is 0 Å². The summed E-state index contributed by atoms with van der Waals surface area (Å²) in [4.78, 5) is 83.2. The number of amides is 8. The molecular weight excluding hydrogens is 733 g/mol. The molecule has 2 aliphatic heterocycles. The number of carbonyl (C=O) groups excluding carboxylic acids is 6. The van der Waals surface area contributed by atoms with Gasteiger partial charge in [0.2, 0.25) is 0 Å². The summed E-state index contributed by atoms with van der Waals surface area (Å²) in [5.74, 6) is -1.68. The van der Waals surface area contributed by atoms with Crippen molar-refractivity contribution in [3.05, 3.63) is 92.7 Å². The zero-order valence-electron chi connectivity index (χ0n) is 32.1. The summed E-state index contributed by atoms with van der Waals surface area (Å²) in [6.45, 7) is 9.05. The van der Waals surface area contributed by atoms with Crippen LogP contribution in [0.15, 0.2) is 71.8 Å². The molecule has 12 heteroatoms. The van der Waals surface area contributed by atoms with Crippen LogP contribution in [0.25, 0.3) is 44.2 Å². The lowest BCUT2D eigenvalue weighted by Crippen LogP contribution is -2.52. The predicted molar refractivity (Wildman–Crippen MR) is 216 cm³/mol. The van der Waals surface area contributed by atoms with Crippen molar-refractivity contribution in [3.63, 3.8) is 0 Å². The number of fused-ring (bicyclic) bond motifs is 3. The summed E-state index contributed by atoms with van der Waals surface area (Å²) in [7, 11) is 5.49. The third kappa shape index (κ3) is 6.36. The number of nitrogens with zero attached hydrogens (tertiary/aromatic N) is 4. The Morgan fingerprint density at radius 2 is 0.873 bits per heavy atom. The number of thiophene rings is 2. The predicted octanol–water partition coefficient (Wildman–Crippen LogP) is 8.37. The van der Waals surface area contributed by atoms with Crippen LogP contribution in [0.1, 0.15) is 61.4 Å². The van der Waals surface area contributed by atoms with E-state index < -0.39 is 35.7 Å². The highest BCUT2D eigenvalue weighted by Gasteiger charge is 2.44. The van der Waals surface area contributed by atoms with E-state index in [4.69, 9.17) is 0 Å². The first-order valence-electron chi connectivity index (χ1n) is 18.2. The van der Waals surface area contributed by atoms with E-state index >= 15 is 0 Å². The molecule has 0 bridgehead atoms. The van der Waals surface area contributed by atoms with Crippen molar-refractivity contribution in [3.8, 4) is 32.0 Å². The zero-order valence-corrected chi connectivity index (χ0v) is 33.7. The highest BCUT2D eigenvalue weighted by atomic mass is 32.1. The topological polar surface area (TPSA) is 115 Å². The maximum absolute atomic E-state index is 12.9. The lowest BCUT2D eigenvalue weighted by molar-refractivity contribution is -0.135. The van der Waals surface area contributed by atoms with Crippen LogP contribution in [0.5, 0.6) is 0 Å². The molecule has 10 nitrogen and oxygen atoms in total. The maximum Gasteiger partial charge on any atom is 0.333 e. The molecule has 2 aromatic carbocycles. The largest absolute Gasteiger partial charge is 0.333 e. The number of hydrogen-bond donors (Lipinski definition) is 0. The quantitative estimate of drug-likeness (QED) is 0.131. The lowest BCUT2D eigenvalue weighted by Gasteiger charge is -2.36. The molecule has 2 fully saturated rings. The smallest absolute Gasteiger partial charge is 0.268 e. The molecule has 0 unspecified atom stereocenters. The van der Waals surface area contributed by atoms with Crippen molar-refractivity contribution in [2.24, 2.45) is 11.8 Å². The van der Waals surface area contributed by atoms with Crippen molar-refractivity contribution in [1.82, 2.24) is 19.6 Å². The van der Waals surface area contributed by atoms with Crippen molar-refractivity contribution >= 4 is 70.5 Å². The second kappa shape index (κ2) is 14.0. The minimum absolute atomic E-state index is 0.0479. The van der Waals surface area contributed by atoms with Gasteiger partial charge in [-0.2, -0.15) is 0 Å². The van der Waals surface area contributed by atoms with Gasteiger partial charge in [-0.05, 0) is 107 Å². The van der Waals surface area contributed by atoms with Gasteiger partial charge in [-0.25, -0.2) is 9.59 Å². The zero-order chi connectivity index (χ0) is 39.7. The van der Waals surface area contributed by atoms with E-state index in [1.807, 2.05) is 24.3 Å². The van der Waals surface area contributed by atoms with Gasteiger partial charge in [0, 0.05) is 53.1 Å².